The predicted molar refractivity (Wildman–Crippen MR) is 82.3 cm³/mol. The number of fused-ring (bicyclic) bond motifs is 1. The largest absolute Gasteiger partial charge is 0.327 e. The molecular weight excluding hydrogens is 251 g/mol. The Bertz CT molecular complexity index is 519. The molecule has 0 aliphatic carbocycles. The minimum Gasteiger partial charge on any atom is -0.327 e. The van der Waals surface area contributed by atoms with Crippen LogP contribution in [0.3, 0.4) is 0 Å². The van der Waals surface area contributed by atoms with Gasteiger partial charge in [0.2, 0.25) is 0 Å². The smallest absolute Gasteiger partial charge is 0.123 e. The van der Waals surface area contributed by atoms with E-state index in [9.17, 15) is 4.39 Å². The molecule has 1 aliphatic heterocycles. The number of halogens is 1. The third kappa shape index (κ3) is 3.27. The quantitative estimate of drug-likeness (QED) is 0.727. The van der Waals surface area contributed by atoms with E-state index < -0.39 is 0 Å². The van der Waals surface area contributed by atoms with Crippen LogP contribution in [-0.4, -0.2) is 9.55 Å². The van der Waals surface area contributed by atoms with Crippen molar-refractivity contribution in [1.29, 1.82) is 0 Å². The molecule has 0 amide bonds. The fourth-order valence-electron chi connectivity index (χ4n) is 2.61. The summed E-state index contributed by atoms with van der Waals surface area (Å²) in [5.41, 5.74) is 1.03. The van der Waals surface area contributed by atoms with Gasteiger partial charge in [-0.25, -0.2) is 9.37 Å². The van der Waals surface area contributed by atoms with E-state index in [4.69, 9.17) is 0 Å². The fraction of sp³-hybridized carbons (Fsp3) is 0.471. The average Bonchev–Trinajstić information content (AvgIpc) is 3.03. The molecule has 0 saturated carbocycles. The highest BCUT2D eigenvalue weighted by Crippen LogP contribution is 2.35. The third-order valence-corrected chi connectivity index (χ3v) is 3.28. The van der Waals surface area contributed by atoms with Gasteiger partial charge >= 0.3 is 0 Å². The summed E-state index contributed by atoms with van der Waals surface area (Å²) < 4.78 is 15.4. The number of nitrogens with zero attached hydrogens (tertiary/aromatic N) is 2. The predicted octanol–water partition coefficient (Wildman–Crippen LogP) is 4.86. The highest BCUT2D eigenvalue weighted by atomic mass is 19.1. The molecule has 2 nitrogen and oxygen atoms in total. The number of hydrogen-bond acceptors (Lipinski definition) is 1. The van der Waals surface area contributed by atoms with Gasteiger partial charge in [-0.3, -0.25) is 0 Å². The molecule has 110 valence electrons. The molecule has 2 atom stereocenters. The SMILES string of the molecule is CC.CC.CC1Cc2nccn2C1c1cccc(F)c1. The lowest BCUT2D eigenvalue weighted by Crippen LogP contribution is -2.11. The van der Waals surface area contributed by atoms with Gasteiger partial charge in [0.25, 0.3) is 0 Å². The first-order chi connectivity index (χ1) is 9.75. The van der Waals surface area contributed by atoms with Gasteiger partial charge < -0.3 is 4.57 Å². The van der Waals surface area contributed by atoms with E-state index in [1.54, 1.807) is 12.1 Å². The van der Waals surface area contributed by atoms with E-state index in [-0.39, 0.29) is 11.9 Å². The van der Waals surface area contributed by atoms with Crippen molar-refractivity contribution < 1.29 is 4.39 Å². The molecule has 20 heavy (non-hydrogen) atoms. The summed E-state index contributed by atoms with van der Waals surface area (Å²) in [5, 5.41) is 0. The number of hydrogen-bond donors (Lipinski definition) is 0. The van der Waals surface area contributed by atoms with E-state index in [2.05, 4.69) is 16.5 Å². The van der Waals surface area contributed by atoms with E-state index in [1.165, 1.54) is 6.07 Å². The first-order valence-corrected chi connectivity index (χ1v) is 7.53. The molecule has 0 radical (unpaired) electrons. The standard InChI is InChI=1S/C13H13FN2.2C2H6/c1-9-7-12-15-5-6-16(12)13(9)10-3-2-4-11(14)8-10;2*1-2/h2-6,8-9,13H,7H2,1H3;2*1-2H3. The highest BCUT2D eigenvalue weighted by Gasteiger charge is 2.30. The van der Waals surface area contributed by atoms with Crippen LogP contribution in [0.1, 0.15) is 52.0 Å². The number of aromatic nitrogens is 2. The lowest BCUT2D eigenvalue weighted by molar-refractivity contribution is 0.472. The molecule has 1 aliphatic rings. The van der Waals surface area contributed by atoms with Crippen LogP contribution in [0, 0.1) is 11.7 Å². The van der Waals surface area contributed by atoms with Crippen molar-refractivity contribution >= 4 is 0 Å². The summed E-state index contributed by atoms with van der Waals surface area (Å²) >= 11 is 0. The third-order valence-electron chi connectivity index (χ3n) is 3.28. The number of benzene rings is 1. The molecular formula is C17H25FN2. The zero-order chi connectivity index (χ0) is 15.1. The van der Waals surface area contributed by atoms with Gasteiger partial charge in [-0.05, 0) is 23.6 Å². The lowest BCUT2D eigenvalue weighted by atomic mass is 9.95. The van der Waals surface area contributed by atoms with Gasteiger partial charge in [0, 0.05) is 18.8 Å². The van der Waals surface area contributed by atoms with E-state index in [0.717, 1.165) is 17.8 Å². The van der Waals surface area contributed by atoms with Crippen LogP contribution >= 0.6 is 0 Å². The Balaban J connectivity index is 0.000000461. The summed E-state index contributed by atoms with van der Waals surface area (Å²) in [6.45, 7) is 10.2. The molecule has 2 aromatic rings. The number of imidazole rings is 1. The molecule has 0 bridgehead atoms. The second-order valence-electron chi connectivity index (χ2n) is 4.43. The van der Waals surface area contributed by atoms with E-state index in [1.807, 2.05) is 46.2 Å². The van der Waals surface area contributed by atoms with Gasteiger partial charge in [-0.2, -0.15) is 0 Å². The molecule has 2 heterocycles. The molecule has 0 saturated heterocycles. The van der Waals surface area contributed by atoms with Gasteiger partial charge in [-0.15, -0.1) is 0 Å². The van der Waals surface area contributed by atoms with Crippen molar-refractivity contribution in [3.05, 3.63) is 53.9 Å². The first-order valence-electron chi connectivity index (χ1n) is 7.53. The Morgan fingerprint density at radius 3 is 2.55 bits per heavy atom. The fourth-order valence-corrected chi connectivity index (χ4v) is 2.61. The van der Waals surface area contributed by atoms with E-state index in [0.29, 0.717) is 5.92 Å². The van der Waals surface area contributed by atoms with Gasteiger partial charge in [-0.1, -0.05) is 46.8 Å². The topological polar surface area (TPSA) is 17.8 Å². The van der Waals surface area contributed by atoms with Crippen LogP contribution in [0.4, 0.5) is 4.39 Å². The Labute approximate surface area is 121 Å². The summed E-state index contributed by atoms with van der Waals surface area (Å²) in [7, 11) is 0. The van der Waals surface area contributed by atoms with Crippen LogP contribution in [0.15, 0.2) is 36.7 Å². The maximum atomic E-state index is 13.2. The molecule has 0 N–H and O–H groups in total. The summed E-state index contributed by atoms with van der Waals surface area (Å²) in [5.74, 6) is 1.41. The highest BCUT2D eigenvalue weighted by molar-refractivity contribution is 5.25. The average molecular weight is 276 g/mol. The zero-order valence-corrected chi connectivity index (χ0v) is 13.1. The maximum absolute atomic E-state index is 13.2. The van der Waals surface area contributed by atoms with Gasteiger partial charge in [0.15, 0.2) is 0 Å². The molecule has 3 rings (SSSR count). The molecule has 3 heteroatoms. The maximum Gasteiger partial charge on any atom is 0.123 e. The van der Waals surface area contributed by atoms with Crippen LogP contribution in [-0.2, 0) is 6.42 Å². The second-order valence-corrected chi connectivity index (χ2v) is 4.43. The van der Waals surface area contributed by atoms with Gasteiger partial charge in [0.1, 0.15) is 11.6 Å². The molecule has 1 aromatic carbocycles. The van der Waals surface area contributed by atoms with Crippen LogP contribution < -0.4 is 0 Å². The lowest BCUT2D eigenvalue weighted by Gasteiger charge is -2.18. The van der Waals surface area contributed by atoms with Crippen molar-refractivity contribution in [3.8, 4) is 0 Å². The van der Waals surface area contributed by atoms with Crippen molar-refractivity contribution in [2.24, 2.45) is 5.92 Å². The van der Waals surface area contributed by atoms with Crippen LogP contribution in [0.2, 0.25) is 0 Å². The van der Waals surface area contributed by atoms with Crippen molar-refractivity contribution in [2.75, 3.05) is 0 Å². The Morgan fingerprint density at radius 1 is 1.20 bits per heavy atom. The Kier molecular flexibility index (Phi) is 6.43. The summed E-state index contributed by atoms with van der Waals surface area (Å²) in [6.07, 6.45) is 4.76. The van der Waals surface area contributed by atoms with Crippen LogP contribution in [0.25, 0.3) is 0 Å². The number of rotatable bonds is 1. The van der Waals surface area contributed by atoms with Crippen molar-refractivity contribution in [2.45, 2.75) is 47.1 Å². The zero-order valence-electron chi connectivity index (χ0n) is 13.1. The normalized spacial score (nSPS) is 19.3. The van der Waals surface area contributed by atoms with Crippen LogP contribution in [0.5, 0.6) is 0 Å². The first kappa shape index (κ1) is 16.4. The summed E-state index contributed by atoms with van der Waals surface area (Å²) in [4.78, 5) is 4.31. The summed E-state index contributed by atoms with van der Waals surface area (Å²) in [6, 6.07) is 7.09. The molecule has 0 spiro atoms. The Morgan fingerprint density at radius 2 is 1.90 bits per heavy atom. The minimum atomic E-state index is -0.168. The van der Waals surface area contributed by atoms with Crippen molar-refractivity contribution in [1.82, 2.24) is 9.55 Å². The van der Waals surface area contributed by atoms with E-state index >= 15 is 0 Å². The molecule has 2 unspecified atom stereocenters. The molecule has 1 aromatic heterocycles. The minimum absolute atomic E-state index is 0.168. The Hall–Kier alpha value is -1.64. The molecule has 0 fully saturated rings. The second kappa shape index (κ2) is 7.83. The van der Waals surface area contributed by atoms with Crippen molar-refractivity contribution in [3.63, 3.8) is 0 Å². The monoisotopic (exact) mass is 276 g/mol. The van der Waals surface area contributed by atoms with Gasteiger partial charge in [0.05, 0.1) is 6.04 Å².